The minimum Gasteiger partial charge on any atom is -0.207 e. The van der Waals surface area contributed by atoms with Crippen LogP contribution in [0.4, 0.5) is 4.39 Å². The number of alkyl halides is 1. The SMILES string of the molecule is CCC(Br)CCc1cc(F)ccc1Cl. The van der Waals surface area contributed by atoms with Crippen molar-refractivity contribution in [1.82, 2.24) is 0 Å². The lowest BCUT2D eigenvalue weighted by Crippen LogP contribution is -1.98. The van der Waals surface area contributed by atoms with Gasteiger partial charge in [-0.25, -0.2) is 4.39 Å². The molecule has 1 rings (SSSR count). The van der Waals surface area contributed by atoms with Gasteiger partial charge in [0.1, 0.15) is 5.82 Å². The van der Waals surface area contributed by atoms with E-state index in [1.807, 2.05) is 0 Å². The lowest BCUT2D eigenvalue weighted by atomic mass is 10.1. The van der Waals surface area contributed by atoms with E-state index in [2.05, 4.69) is 22.9 Å². The van der Waals surface area contributed by atoms with Crippen molar-refractivity contribution in [3.8, 4) is 0 Å². The predicted octanol–water partition coefficient (Wildman–Crippen LogP) is 4.59. The average Bonchev–Trinajstić information content (AvgIpc) is 2.19. The summed E-state index contributed by atoms with van der Waals surface area (Å²) >= 11 is 9.48. The van der Waals surface area contributed by atoms with Crippen LogP contribution in [0.3, 0.4) is 0 Å². The molecule has 0 N–H and O–H groups in total. The lowest BCUT2D eigenvalue weighted by Gasteiger charge is -2.07. The second kappa shape index (κ2) is 5.72. The molecule has 0 fully saturated rings. The summed E-state index contributed by atoms with van der Waals surface area (Å²) in [6.45, 7) is 2.12. The maximum atomic E-state index is 12.9. The molecule has 0 aliphatic rings. The maximum Gasteiger partial charge on any atom is 0.123 e. The topological polar surface area (TPSA) is 0 Å². The van der Waals surface area contributed by atoms with Gasteiger partial charge >= 0.3 is 0 Å². The lowest BCUT2D eigenvalue weighted by molar-refractivity contribution is 0.624. The Labute approximate surface area is 97.6 Å². The second-order valence-electron chi connectivity index (χ2n) is 3.28. The molecule has 0 radical (unpaired) electrons. The van der Waals surface area contributed by atoms with E-state index in [1.165, 1.54) is 12.1 Å². The van der Waals surface area contributed by atoms with Crippen molar-refractivity contribution in [1.29, 1.82) is 0 Å². The molecule has 1 aromatic rings. The third kappa shape index (κ3) is 3.58. The molecule has 1 unspecified atom stereocenters. The third-order valence-electron chi connectivity index (χ3n) is 2.18. The summed E-state index contributed by atoms with van der Waals surface area (Å²) in [6, 6.07) is 4.51. The summed E-state index contributed by atoms with van der Waals surface area (Å²) in [5.41, 5.74) is 0.893. The highest BCUT2D eigenvalue weighted by Crippen LogP contribution is 2.21. The van der Waals surface area contributed by atoms with Crippen molar-refractivity contribution >= 4 is 27.5 Å². The Balaban J connectivity index is 2.62. The largest absolute Gasteiger partial charge is 0.207 e. The summed E-state index contributed by atoms with van der Waals surface area (Å²) in [5.74, 6) is -0.216. The minimum absolute atomic E-state index is 0.216. The fourth-order valence-electron chi connectivity index (χ4n) is 1.25. The summed E-state index contributed by atoms with van der Waals surface area (Å²) in [4.78, 5) is 0.488. The number of halogens is 3. The molecule has 0 spiro atoms. The van der Waals surface area contributed by atoms with Gasteiger partial charge in [-0.05, 0) is 43.0 Å². The van der Waals surface area contributed by atoms with Gasteiger partial charge in [-0.1, -0.05) is 34.5 Å². The van der Waals surface area contributed by atoms with Crippen molar-refractivity contribution < 1.29 is 4.39 Å². The average molecular weight is 280 g/mol. The Morgan fingerprint density at radius 2 is 2.21 bits per heavy atom. The van der Waals surface area contributed by atoms with Crippen LogP contribution in [-0.2, 0) is 6.42 Å². The molecular formula is C11H13BrClF. The molecule has 0 bridgehead atoms. The van der Waals surface area contributed by atoms with E-state index in [4.69, 9.17) is 11.6 Å². The molecule has 14 heavy (non-hydrogen) atoms. The molecule has 0 aliphatic carbocycles. The molecule has 1 atom stereocenters. The Morgan fingerprint density at radius 3 is 2.86 bits per heavy atom. The first kappa shape index (κ1) is 12.0. The van der Waals surface area contributed by atoms with Crippen molar-refractivity contribution in [2.45, 2.75) is 31.0 Å². The first-order chi connectivity index (χ1) is 6.63. The number of hydrogen-bond donors (Lipinski definition) is 0. The molecule has 0 nitrogen and oxygen atoms in total. The van der Waals surface area contributed by atoms with Gasteiger partial charge in [-0.2, -0.15) is 0 Å². The normalized spacial score (nSPS) is 12.9. The molecule has 3 heteroatoms. The second-order valence-corrected chi connectivity index (χ2v) is 4.98. The van der Waals surface area contributed by atoms with Gasteiger partial charge < -0.3 is 0 Å². The van der Waals surface area contributed by atoms with Crippen LogP contribution in [-0.4, -0.2) is 4.83 Å². The molecule has 1 aromatic carbocycles. The zero-order valence-electron chi connectivity index (χ0n) is 8.06. The van der Waals surface area contributed by atoms with Crippen LogP contribution in [0, 0.1) is 5.82 Å². The number of benzene rings is 1. The standard InChI is InChI=1S/C11H13BrClF/c1-2-9(12)4-3-8-7-10(14)5-6-11(8)13/h5-7,9H,2-4H2,1H3. The quantitative estimate of drug-likeness (QED) is 0.707. The van der Waals surface area contributed by atoms with Crippen molar-refractivity contribution in [3.63, 3.8) is 0 Å². The first-order valence-corrected chi connectivity index (χ1v) is 6.01. The van der Waals surface area contributed by atoms with Crippen LogP contribution in [0.25, 0.3) is 0 Å². The molecule has 0 amide bonds. The van der Waals surface area contributed by atoms with E-state index in [-0.39, 0.29) is 5.82 Å². The Hall–Kier alpha value is -0.0800. The third-order valence-corrected chi connectivity index (χ3v) is 3.65. The molecular weight excluding hydrogens is 266 g/mol. The van der Waals surface area contributed by atoms with Crippen LogP contribution in [0.2, 0.25) is 5.02 Å². The van der Waals surface area contributed by atoms with Crippen LogP contribution < -0.4 is 0 Å². The predicted molar refractivity (Wildman–Crippen MR) is 62.7 cm³/mol. The monoisotopic (exact) mass is 278 g/mol. The van der Waals surface area contributed by atoms with E-state index in [1.54, 1.807) is 6.07 Å². The summed E-state index contributed by atoms with van der Waals surface area (Å²) < 4.78 is 12.9. The smallest absolute Gasteiger partial charge is 0.123 e. The Bertz CT molecular complexity index is 301. The number of hydrogen-bond acceptors (Lipinski definition) is 0. The van der Waals surface area contributed by atoms with Crippen molar-refractivity contribution in [2.24, 2.45) is 0 Å². The van der Waals surface area contributed by atoms with E-state index in [9.17, 15) is 4.39 Å². The summed E-state index contributed by atoms with van der Waals surface area (Å²) in [6.07, 6.45) is 2.88. The van der Waals surface area contributed by atoms with E-state index < -0.39 is 0 Å². The van der Waals surface area contributed by atoms with Gasteiger partial charge in [-0.15, -0.1) is 0 Å². The van der Waals surface area contributed by atoms with Crippen molar-refractivity contribution in [3.05, 3.63) is 34.6 Å². The highest BCUT2D eigenvalue weighted by Gasteiger charge is 2.05. The molecule has 0 aromatic heterocycles. The van der Waals surface area contributed by atoms with Gasteiger partial charge in [0.2, 0.25) is 0 Å². The summed E-state index contributed by atoms with van der Waals surface area (Å²) in [5, 5.41) is 0.655. The highest BCUT2D eigenvalue weighted by molar-refractivity contribution is 9.09. The molecule has 0 heterocycles. The maximum absolute atomic E-state index is 12.9. The Morgan fingerprint density at radius 1 is 1.50 bits per heavy atom. The van der Waals surface area contributed by atoms with Crippen LogP contribution in [0.15, 0.2) is 18.2 Å². The van der Waals surface area contributed by atoms with E-state index in [0.29, 0.717) is 9.85 Å². The van der Waals surface area contributed by atoms with E-state index in [0.717, 1.165) is 24.8 Å². The highest BCUT2D eigenvalue weighted by atomic mass is 79.9. The zero-order valence-corrected chi connectivity index (χ0v) is 10.4. The number of rotatable bonds is 4. The van der Waals surface area contributed by atoms with Gasteiger partial charge in [0.05, 0.1) is 0 Å². The fraction of sp³-hybridized carbons (Fsp3) is 0.455. The zero-order chi connectivity index (χ0) is 10.6. The van der Waals surface area contributed by atoms with E-state index >= 15 is 0 Å². The minimum atomic E-state index is -0.216. The fourth-order valence-corrected chi connectivity index (χ4v) is 1.69. The molecule has 0 saturated carbocycles. The van der Waals surface area contributed by atoms with Gasteiger partial charge in [0, 0.05) is 9.85 Å². The van der Waals surface area contributed by atoms with Crippen LogP contribution in [0.1, 0.15) is 25.3 Å². The van der Waals surface area contributed by atoms with Gasteiger partial charge in [0.25, 0.3) is 0 Å². The molecule has 78 valence electrons. The van der Waals surface area contributed by atoms with Crippen LogP contribution in [0.5, 0.6) is 0 Å². The van der Waals surface area contributed by atoms with Gasteiger partial charge in [0.15, 0.2) is 0 Å². The number of aryl methyl sites for hydroxylation is 1. The Kier molecular flexibility index (Phi) is 4.90. The first-order valence-electron chi connectivity index (χ1n) is 4.71. The van der Waals surface area contributed by atoms with Gasteiger partial charge in [-0.3, -0.25) is 0 Å². The molecule has 0 aliphatic heterocycles. The van der Waals surface area contributed by atoms with Crippen molar-refractivity contribution in [2.75, 3.05) is 0 Å². The van der Waals surface area contributed by atoms with Crippen LogP contribution >= 0.6 is 27.5 Å². The molecule has 0 saturated heterocycles. The summed E-state index contributed by atoms with van der Waals surface area (Å²) in [7, 11) is 0.